The highest BCUT2D eigenvalue weighted by molar-refractivity contribution is 7.47. The summed E-state index contributed by atoms with van der Waals surface area (Å²) in [5, 5.41) is 8.75. The molecule has 0 aliphatic heterocycles. The van der Waals surface area contributed by atoms with Gasteiger partial charge in [0.15, 0.2) is 0 Å². The average Bonchev–Trinajstić information content (AvgIpc) is 2.75. The highest BCUT2D eigenvalue weighted by Gasteiger charge is 2.30. The maximum absolute atomic E-state index is 11.8. The molecule has 0 bridgehead atoms. The van der Waals surface area contributed by atoms with Gasteiger partial charge < -0.3 is 20.5 Å². The summed E-state index contributed by atoms with van der Waals surface area (Å²) in [6.07, 6.45) is 15.5. The summed E-state index contributed by atoms with van der Waals surface area (Å²) < 4.78 is 26.3. The van der Waals surface area contributed by atoms with Gasteiger partial charge >= 0.3 is 19.8 Å². The number of carbonyl (C=O) groups excluding carboxylic acids is 1. The highest BCUT2D eigenvalue weighted by Crippen LogP contribution is 2.44. The highest BCUT2D eigenvalue weighted by atomic mass is 31.2. The van der Waals surface area contributed by atoms with Crippen LogP contribution in [-0.2, 0) is 27.9 Å². The molecule has 3 atom stereocenters. The topological polar surface area (TPSA) is 145 Å². The van der Waals surface area contributed by atoms with Crippen molar-refractivity contribution in [2.45, 2.75) is 122 Å². The number of carboxylic acids is 1. The Balaban J connectivity index is 3.54. The average molecular weight is 496 g/mol. The van der Waals surface area contributed by atoms with Gasteiger partial charge in [0.2, 0.25) is 0 Å². The molecule has 0 amide bonds. The smallest absolute Gasteiger partial charge is 0.472 e. The monoisotopic (exact) mass is 495 g/mol. The van der Waals surface area contributed by atoms with Crippen molar-refractivity contribution in [2.75, 3.05) is 13.2 Å². The van der Waals surface area contributed by atoms with E-state index < -0.39 is 25.9 Å². The number of ether oxygens (including phenoxy) is 1. The van der Waals surface area contributed by atoms with Gasteiger partial charge in [-0.2, -0.15) is 0 Å². The van der Waals surface area contributed by atoms with Crippen LogP contribution < -0.4 is 5.73 Å². The molecule has 0 heterocycles. The minimum Gasteiger partial charge on any atom is -0.480 e. The van der Waals surface area contributed by atoms with Gasteiger partial charge in [0.05, 0.1) is 19.3 Å². The summed E-state index contributed by atoms with van der Waals surface area (Å²) in [4.78, 5) is 32.0. The standard InChI is InChI=1S/C23H46NO8P/c1-3-4-5-6-7-8-9-10-11-12-13-14-15-17-21(25)30-18-16-19-31-33(28,29)32-20(2)22(24)23(26)27/h20,22H,3-19,24H2,1-2H3,(H,26,27)(H,28,29)/t20-,22+/m1/s1. The van der Waals surface area contributed by atoms with Crippen molar-refractivity contribution in [1.29, 1.82) is 0 Å². The van der Waals surface area contributed by atoms with Crippen LogP contribution in [0.4, 0.5) is 0 Å². The van der Waals surface area contributed by atoms with Crippen LogP contribution in [0.15, 0.2) is 0 Å². The Labute approximate surface area is 199 Å². The number of phosphoric ester groups is 1. The normalized spacial score (nSPS) is 15.0. The zero-order valence-corrected chi connectivity index (χ0v) is 21.4. The second-order valence-electron chi connectivity index (χ2n) is 8.54. The second-order valence-corrected chi connectivity index (χ2v) is 9.95. The molecular weight excluding hydrogens is 449 g/mol. The lowest BCUT2D eigenvalue weighted by Gasteiger charge is -2.19. The molecule has 33 heavy (non-hydrogen) atoms. The molecule has 0 saturated heterocycles. The minimum absolute atomic E-state index is 0.0709. The fourth-order valence-corrected chi connectivity index (χ4v) is 4.26. The number of rotatable bonds is 23. The first-order valence-electron chi connectivity index (χ1n) is 12.5. The van der Waals surface area contributed by atoms with E-state index in [-0.39, 0.29) is 25.6 Å². The lowest BCUT2D eigenvalue weighted by Crippen LogP contribution is -2.41. The number of esters is 1. The number of carbonyl (C=O) groups is 2. The minimum atomic E-state index is -4.43. The van der Waals surface area contributed by atoms with Crippen molar-refractivity contribution in [2.24, 2.45) is 5.73 Å². The van der Waals surface area contributed by atoms with Crippen molar-refractivity contribution >= 4 is 19.8 Å². The molecule has 196 valence electrons. The van der Waals surface area contributed by atoms with E-state index in [2.05, 4.69) is 6.92 Å². The quantitative estimate of drug-likeness (QED) is 0.0971. The molecule has 0 aromatic heterocycles. The molecule has 0 saturated carbocycles. The lowest BCUT2D eigenvalue weighted by molar-refractivity contribution is -0.144. The van der Waals surface area contributed by atoms with Gasteiger partial charge in [-0.1, -0.05) is 84.0 Å². The van der Waals surface area contributed by atoms with Crippen LogP contribution in [0, 0.1) is 0 Å². The maximum Gasteiger partial charge on any atom is 0.472 e. The van der Waals surface area contributed by atoms with E-state index >= 15 is 0 Å². The third kappa shape index (κ3) is 20.1. The molecule has 1 unspecified atom stereocenters. The Morgan fingerprint density at radius 1 is 0.848 bits per heavy atom. The Hall–Kier alpha value is -0.990. The number of carboxylic acid groups (broad SMARTS) is 1. The third-order valence-corrected chi connectivity index (χ3v) is 6.49. The van der Waals surface area contributed by atoms with E-state index in [1.54, 1.807) is 0 Å². The fraction of sp³-hybridized carbons (Fsp3) is 0.913. The number of nitrogens with two attached hydrogens (primary N) is 1. The molecule has 9 nitrogen and oxygen atoms in total. The predicted molar refractivity (Wildman–Crippen MR) is 128 cm³/mol. The van der Waals surface area contributed by atoms with Crippen molar-refractivity contribution < 1.29 is 37.9 Å². The fourth-order valence-electron chi connectivity index (χ4n) is 3.29. The number of hydrogen-bond donors (Lipinski definition) is 3. The summed E-state index contributed by atoms with van der Waals surface area (Å²) in [5.74, 6) is -1.64. The zero-order valence-electron chi connectivity index (χ0n) is 20.5. The van der Waals surface area contributed by atoms with Crippen LogP contribution >= 0.6 is 7.82 Å². The van der Waals surface area contributed by atoms with Crippen LogP contribution in [0.5, 0.6) is 0 Å². The van der Waals surface area contributed by atoms with Crippen molar-refractivity contribution in [1.82, 2.24) is 0 Å². The Kier molecular flexibility index (Phi) is 19.8. The predicted octanol–water partition coefficient (Wildman–Crippen LogP) is 5.34. The van der Waals surface area contributed by atoms with Gasteiger partial charge in [-0.05, 0) is 13.3 Å². The summed E-state index contributed by atoms with van der Waals surface area (Å²) >= 11 is 0. The molecule has 0 fully saturated rings. The van der Waals surface area contributed by atoms with E-state index in [0.717, 1.165) is 19.3 Å². The molecule has 10 heteroatoms. The largest absolute Gasteiger partial charge is 0.480 e. The first-order valence-corrected chi connectivity index (χ1v) is 14.0. The molecule has 0 radical (unpaired) electrons. The maximum atomic E-state index is 11.8. The molecule has 0 aliphatic carbocycles. The van der Waals surface area contributed by atoms with Crippen LogP contribution in [0.2, 0.25) is 0 Å². The first-order chi connectivity index (χ1) is 15.7. The van der Waals surface area contributed by atoms with E-state index in [4.69, 9.17) is 24.6 Å². The number of aliphatic carboxylic acids is 1. The van der Waals surface area contributed by atoms with Gasteiger partial charge in [0, 0.05) is 12.8 Å². The Morgan fingerprint density at radius 2 is 1.33 bits per heavy atom. The Morgan fingerprint density at radius 3 is 1.82 bits per heavy atom. The van der Waals surface area contributed by atoms with Gasteiger partial charge in [-0.25, -0.2) is 4.57 Å². The molecule has 0 aromatic rings. The van der Waals surface area contributed by atoms with Crippen LogP contribution in [0.1, 0.15) is 110 Å². The molecule has 0 aliphatic rings. The molecule has 0 aromatic carbocycles. The van der Waals surface area contributed by atoms with E-state index in [1.165, 1.54) is 71.1 Å². The molecular formula is C23H46NO8P. The summed E-state index contributed by atoms with van der Waals surface area (Å²) in [5.41, 5.74) is 5.32. The first kappa shape index (κ1) is 32.0. The van der Waals surface area contributed by atoms with Crippen molar-refractivity contribution in [3.05, 3.63) is 0 Å². The Bertz CT molecular complexity index is 561. The molecule has 0 spiro atoms. The van der Waals surface area contributed by atoms with Gasteiger partial charge in [0.25, 0.3) is 0 Å². The SMILES string of the molecule is CCCCCCCCCCCCCCCC(=O)OCCCOP(=O)(O)O[C@H](C)[C@H](N)C(=O)O. The summed E-state index contributed by atoms with van der Waals surface area (Å²) in [7, 11) is -4.43. The van der Waals surface area contributed by atoms with Crippen molar-refractivity contribution in [3.8, 4) is 0 Å². The zero-order chi connectivity index (χ0) is 25.0. The van der Waals surface area contributed by atoms with Gasteiger partial charge in [0.1, 0.15) is 6.04 Å². The van der Waals surface area contributed by atoms with Crippen LogP contribution in [0.25, 0.3) is 0 Å². The van der Waals surface area contributed by atoms with E-state index in [9.17, 15) is 19.0 Å². The van der Waals surface area contributed by atoms with Gasteiger partial charge in [-0.15, -0.1) is 0 Å². The second kappa shape index (κ2) is 20.4. The van der Waals surface area contributed by atoms with Gasteiger partial charge in [-0.3, -0.25) is 18.6 Å². The molecule has 0 rings (SSSR count). The van der Waals surface area contributed by atoms with E-state index in [1.807, 2.05) is 0 Å². The van der Waals surface area contributed by atoms with Crippen LogP contribution in [0.3, 0.4) is 0 Å². The molecule has 4 N–H and O–H groups in total. The van der Waals surface area contributed by atoms with Crippen molar-refractivity contribution in [3.63, 3.8) is 0 Å². The summed E-state index contributed by atoms with van der Waals surface area (Å²) in [6, 6.07) is -1.44. The number of unbranched alkanes of at least 4 members (excludes halogenated alkanes) is 12. The number of phosphoric acid groups is 1. The third-order valence-electron chi connectivity index (χ3n) is 5.38. The van der Waals surface area contributed by atoms with Crippen LogP contribution in [-0.4, -0.2) is 47.3 Å². The van der Waals surface area contributed by atoms with E-state index in [0.29, 0.717) is 6.42 Å². The number of hydrogen-bond acceptors (Lipinski definition) is 7. The lowest BCUT2D eigenvalue weighted by atomic mass is 10.0. The summed E-state index contributed by atoms with van der Waals surface area (Å²) in [6.45, 7) is 3.41.